The molecule has 0 unspecified atom stereocenters. The molecule has 0 saturated heterocycles. The minimum atomic E-state index is -0.106. The quantitative estimate of drug-likeness (QED) is 0.487. The van der Waals surface area contributed by atoms with Gasteiger partial charge in [0, 0.05) is 0 Å². The zero-order valence-corrected chi connectivity index (χ0v) is 11.4. The van der Waals surface area contributed by atoms with Crippen molar-refractivity contribution >= 4 is 19.1 Å². The van der Waals surface area contributed by atoms with Gasteiger partial charge in [0.2, 0.25) is 0 Å². The largest absolute Gasteiger partial charge is 2.00 e. The van der Waals surface area contributed by atoms with E-state index < -0.39 is 0 Å². The third kappa shape index (κ3) is 15.0. The Morgan fingerprint density at radius 3 is 1.00 bits per heavy atom. The van der Waals surface area contributed by atoms with E-state index in [1.165, 1.54) is 0 Å². The molecule has 0 aliphatic rings. The van der Waals surface area contributed by atoms with Gasteiger partial charge in [0.1, 0.15) is 0 Å². The smallest absolute Gasteiger partial charge is 0.214 e. The van der Waals surface area contributed by atoms with Crippen LogP contribution in [0.4, 0.5) is 0 Å². The molecule has 0 radical (unpaired) electrons. The van der Waals surface area contributed by atoms with Gasteiger partial charge in [-0.15, -0.1) is 0 Å². The van der Waals surface area contributed by atoms with E-state index in [-0.39, 0.29) is 33.0 Å². The average molecular weight is 363 g/mol. The third-order valence-corrected chi connectivity index (χ3v) is 1.11. The monoisotopic (exact) mass is 362 g/mol. The van der Waals surface area contributed by atoms with Crippen LogP contribution in [0, 0.1) is 0 Å². The molecular formula is C10H10Cl2FePd. The van der Waals surface area contributed by atoms with Gasteiger partial charge in [0.25, 0.3) is 0 Å². The molecule has 2 aromatic rings. The van der Waals surface area contributed by atoms with Crippen molar-refractivity contribution in [1.29, 1.82) is 0 Å². The van der Waals surface area contributed by atoms with Crippen LogP contribution in [0.5, 0.6) is 0 Å². The van der Waals surface area contributed by atoms with E-state index in [0.29, 0.717) is 0 Å². The summed E-state index contributed by atoms with van der Waals surface area (Å²) in [7, 11) is 9.63. The Morgan fingerprint density at radius 2 is 0.929 bits per heavy atom. The summed E-state index contributed by atoms with van der Waals surface area (Å²) in [6.07, 6.45) is 0. The van der Waals surface area contributed by atoms with Crippen molar-refractivity contribution in [3.8, 4) is 0 Å². The predicted molar refractivity (Wildman–Crippen MR) is 55.8 cm³/mol. The van der Waals surface area contributed by atoms with Crippen LogP contribution in [-0.4, -0.2) is 0 Å². The number of hydrogen-bond acceptors (Lipinski definition) is 0. The van der Waals surface area contributed by atoms with E-state index in [1.54, 1.807) is 0 Å². The molecule has 0 heterocycles. The van der Waals surface area contributed by atoms with Crippen molar-refractivity contribution in [2.24, 2.45) is 0 Å². The summed E-state index contributed by atoms with van der Waals surface area (Å²) in [5, 5.41) is 0. The van der Waals surface area contributed by atoms with Crippen molar-refractivity contribution < 1.29 is 33.0 Å². The standard InChI is InChI=1S/2C5H5.2ClH.Fe.Pd/c2*1-2-4-5-3-1;;;;/h2*1-5H;2*1H;;/q2*-1;;;2*+2/p-2. The maximum atomic E-state index is 4.81. The van der Waals surface area contributed by atoms with Gasteiger partial charge in [-0.25, -0.2) is 24.3 Å². The van der Waals surface area contributed by atoms with Gasteiger partial charge in [-0.1, -0.05) is 0 Å². The Morgan fingerprint density at radius 1 is 0.714 bits per heavy atom. The maximum absolute atomic E-state index is 4.81. The summed E-state index contributed by atoms with van der Waals surface area (Å²) < 4.78 is 0. The van der Waals surface area contributed by atoms with Crippen molar-refractivity contribution in [2.75, 3.05) is 0 Å². The van der Waals surface area contributed by atoms with E-state index >= 15 is 0 Å². The summed E-state index contributed by atoms with van der Waals surface area (Å²) in [6.45, 7) is 0. The fraction of sp³-hybridized carbons (Fsp3) is 0. The molecule has 0 N–H and O–H groups in total. The first-order valence-electron chi connectivity index (χ1n) is 3.57. The molecule has 0 nitrogen and oxygen atoms in total. The topological polar surface area (TPSA) is 0 Å². The Labute approximate surface area is 112 Å². The molecule has 0 saturated carbocycles. The normalized spacial score (nSPS) is 7.29. The summed E-state index contributed by atoms with van der Waals surface area (Å²) >= 11 is -0.106. The summed E-state index contributed by atoms with van der Waals surface area (Å²) in [5.41, 5.74) is 0. The summed E-state index contributed by atoms with van der Waals surface area (Å²) in [6, 6.07) is 20.0. The van der Waals surface area contributed by atoms with E-state index in [9.17, 15) is 0 Å². The fourth-order valence-corrected chi connectivity index (χ4v) is 0.642. The van der Waals surface area contributed by atoms with Gasteiger partial charge in [-0.2, -0.15) is 36.4 Å². The maximum Gasteiger partial charge on any atom is 2.00 e. The molecule has 0 fully saturated rings. The molecule has 0 atom stereocenters. The SMILES string of the molecule is [Cl][Pd][Cl].[Fe+2].c1cc[cH-]c1.c1cc[cH-]c1. The molecule has 0 amide bonds. The minimum Gasteiger partial charge on any atom is -0.214 e. The van der Waals surface area contributed by atoms with Crippen LogP contribution in [0.3, 0.4) is 0 Å². The van der Waals surface area contributed by atoms with Crippen LogP contribution >= 0.6 is 19.1 Å². The van der Waals surface area contributed by atoms with Crippen LogP contribution in [0.1, 0.15) is 0 Å². The molecule has 0 spiro atoms. The fourth-order valence-electron chi connectivity index (χ4n) is 0.642. The molecule has 4 heteroatoms. The van der Waals surface area contributed by atoms with Crippen molar-refractivity contribution in [3.63, 3.8) is 0 Å². The second kappa shape index (κ2) is 15.9. The van der Waals surface area contributed by atoms with Crippen LogP contribution in [0.2, 0.25) is 0 Å². The molecule has 0 aliphatic heterocycles. The molecule has 0 aromatic heterocycles. The predicted octanol–water partition coefficient (Wildman–Crippen LogP) is 4.19. The molecule has 2 aromatic carbocycles. The molecular weight excluding hydrogens is 353 g/mol. The average Bonchev–Trinajstić information content (AvgIpc) is 2.85. The van der Waals surface area contributed by atoms with Gasteiger partial charge in [0.05, 0.1) is 0 Å². The van der Waals surface area contributed by atoms with E-state index in [4.69, 9.17) is 19.1 Å². The Kier molecular flexibility index (Phi) is 19.2. The van der Waals surface area contributed by atoms with Gasteiger partial charge in [-0.05, 0) is 0 Å². The summed E-state index contributed by atoms with van der Waals surface area (Å²) in [5.74, 6) is 0. The summed E-state index contributed by atoms with van der Waals surface area (Å²) in [4.78, 5) is 0. The molecule has 14 heavy (non-hydrogen) atoms. The first kappa shape index (κ1) is 16.9. The first-order valence-corrected chi connectivity index (χ1v) is 7.58. The Bertz CT molecular complexity index is 170. The van der Waals surface area contributed by atoms with Gasteiger partial charge < -0.3 is 0 Å². The van der Waals surface area contributed by atoms with Crippen LogP contribution in [-0.2, 0) is 33.0 Å². The van der Waals surface area contributed by atoms with E-state index in [2.05, 4.69) is 0 Å². The molecule has 82 valence electrons. The first-order chi connectivity index (χ1) is 6.41. The molecule has 0 aliphatic carbocycles. The van der Waals surface area contributed by atoms with Crippen molar-refractivity contribution in [3.05, 3.63) is 60.7 Å². The zero-order valence-electron chi connectivity index (χ0n) is 7.20. The van der Waals surface area contributed by atoms with Gasteiger partial charge in [0.15, 0.2) is 0 Å². The van der Waals surface area contributed by atoms with Crippen molar-refractivity contribution in [2.45, 2.75) is 0 Å². The molecule has 0 bridgehead atoms. The number of halogens is 2. The number of rotatable bonds is 0. The van der Waals surface area contributed by atoms with Gasteiger partial charge >= 0.3 is 52.1 Å². The zero-order chi connectivity index (χ0) is 9.78. The van der Waals surface area contributed by atoms with E-state index in [0.717, 1.165) is 0 Å². The second-order valence-corrected chi connectivity index (χ2v) is 4.33. The third-order valence-electron chi connectivity index (χ3n) is 1.11. The van der Waals surface area contributed by atoms with Crippen molar-refractivity contribution in [1.82, 2.24) is 0 Å². The number of hydrogen-bond donors (Lipinski definition) is 0. The van der Waals surface area contributed by atoms with Crippen LogP contribution in [0.15, 0.2) is 60.7 Å². The minimum absolute atomic E-state index is 0. The van der Waals surface area contributed by atoms with Crippen LogP contribution < -0.4 is 0 Å². The molecule has 2 rings (SSSR count). The van der Waals surface area contributed by atoms with E-state index in [1.807, 2.05) is 60.7 Å². The van der Waals surface area contributed by atoms with Crippen LogP contribution in [0.25, 0.3) is 0 Å². The van der Waals surface area contributed by atoms with Gasteiger partial charge in [-0.3, -0.25) is 0 Å². The second-order valence-electron chi connectivity index (χ2n) is 1.97. The Hall–Kier alpha value is 0.462. The Balaban J connectivity index is 0.